The molecule has 1 saturated heterocycles. The summed E-state index contributed by atoms with van der Waals surface area (Å²) in [5, 5.41) is 2.56. The van der Waals surface area contributed by atoms with E-state index in [1.54, 1.807) is 42.5 Å². The van der Waals surface area contributed by atoms with Crippen molar-refractivity contribution in [3.63, 3.8) is 0 Å². The molecule has 0 saturated carbocycles. The second-order valence-corrected chi connectivity index (χ2v) is 6.17. The topological polar surface area (TPSA) is 105 Å². The minimum atomic E-state index is -1.03. The first kappa shape index (κ1) is 19.9. The van der Waals surface area contributed by atoms with Crippen LogP contribution >= 0.6 is 0 Å². The van der Waals surface area contributed by atoms with E-state index in [1.165, 1.54) is 20.3 Å². The summed E-state index contributed by atoms with van der Waals surface area (Å²) in [7, 11) is 2.94. The van der Waals surface area contributed by atoms with E-state index >= 15 is 0 Å². The maximum absolute atomic E-state index is 12.5. The molecule has 2 aromatic rings. The van der Waals surface area contributed by atoms with E-state index in [4.69, 9.17) is 9.47 Å². The van der Waals surface area contributed by atoms with Gasteiger partial charge in [-0.3, -0.25) is 19.3 Å². The lowest BCUT2D eigenvalue weighted by Gasteiger charge is -2.16. The largest absolute Gasteiger partial charge is 0.493 e. The van der Waals surface area contributed by atoms with Crippen molar-refractivity contribution in [3.8, 4) is 11.5 Å². The van der Waals surface area contributed by atoms with Crippen molar-refractivity contribution in [2.24, 2.45) is 0 Å². The highest BCUT2D eigenvalue weighted by Crippen LogP contribution is 2.29. The number of amides is 5. The quantitative estimate of drug-likeness (QED) is 0.562. The first-order valence-corrected chi connectivity index (χ1v) is 8.67. The molecule has 2 aromatic carbocycles. The van der Waals surface area contributed by atoms with E-state index in [1.807, 2.05) is 0 Å². The van der Waals surface area contributed by atoms with Crippen LogP contribution in [-0.4, -0.2) is 54.3 Å². The molecule has 29 heavy (non-hydrogen) atoms. The number of imide groups is 2. The second kappa shape index (κ2) is 8.42. The van der Waals surface area contributed by atoms with Gasteiger partial charge in [0, 0.05) is 11.8 Å². The van der Waals surface area contributed by atoms with E-state index in [0.717, 1.165) is 4.90 Å². The zero-order valence-electron chi connectivity index (χ0n) is 15.9. The lowest BCUT2D eigenvalue weighted by Crippen LogP contribution is -2.38. The maximum atomic E-state index is 12.5. The summed E-state index contributed by atoms with van der Waals surface area (Å²) in [5.74, 6) is -1.74. The third kappa shape index (κ3) is 4.18. The molecule has 9 heteroatoms. The molecule has 5 amide bonds. The number of ether oxygens (including phenoxy) is 2. The van der Waals surface area contributed by atoms with E-state index < -0.39 is 30.3 Å². The zero-order valence-corrected chi connectivity index (χ0v) is 15.9. The minimum absolute atomic E-state index is 0.0436. The number of nitrogens with zero attached hydrogens (tertiary/aromatic N) is 2. The molecular formula is C20H19N3O6. The molecule has 150 valence electrons. The summed E-state index contributed by atoms with van der Waals surface area (Å²) in [4.78, 5) is 50.6. The third-order valence-electron chi connectivity index (χ3n) is 4.29. The number of rotatable bonds is 7. The number of benzene rings is 2. The van der Waals surface area contributed by atoms with E-state index in [9.17, 15) is 19.2 Å². The molecule has 1 aliphatic rings. The molecule has 0 unspecified atom stereocenters. The Morgan fingerprint density at radius 1 is 0.897 bits per heavy atom. The zero-order chi connectivity index (χ0) is 21.0. The molecule has 0 radical (unpaired) electrons. The number of urea groups is 1. The Morgan fingerprint density at radius 3 is 2.21 bits per heavy atom. The van der Waals surface area contributed by atoms with Gasteiger partial charge in [0.15, 0.2) is 11.5 Å². The molecule has 1 heterocycles. The number of nitrogens with one attached hydrogen (secondary N) is 1. The first-order chi connectivity index (χ1) is 13.9. The van der Waals surface area contributed by atoms with Crippen molar-refractivity contribution in [3.05, 3.63) is 54.1 Å². The van der Waals surface area contributed by atoms with Gasteiger partial charge in [-0.2, -0.15) is 0 Å². The van der Waals surface area contributed by atoms with Gasteiger partial charge < -0.3 is 14.8 Å². The maximum Gasteiger partial charge on any atom is 0.335 e. The lowest BCUT2D eigenvalue weighted by atomic mass is 10.2. The monoisotopic (exact) mass is 397 g/mol. The summed E-state index contributed by atoms with van der Waals surface area (Å²) in [5.41, 5.74) is 1.08. The SMILES string of the molecule is COc1ccc(NC(=O)CN2C(=O)C(=O)N(Cc3ccccc3)C2=O)cc1OC. The Labute approximate surface area is 166 Å². The average Bonchev–Trinajstić information content (AvgIpc) is 2.92. The normalized spacial score (nSPS) is 13.7. The first-order valence-electron chi connectivity index (χ1n) is 8.67. The van der Waals surface area contributed by atoms with Gasteiger partial charge in [0.1, 0.15) is 6.54 Å². The fraction of sp³-hybridized carbons (Fsp3) is 0.200. The summed E-state index contributed by atoms with van der Waals surface area (Å²) < 4.78 is 10.3. The molecule has 1 N–H and O–H groups in total. The van der Waals surface area contributed by atoms with Crippen molar-refractivity contribution >= 4 is 29.4 Å². The van der Waals surface area contributed by atoms with E-state index in [2.05, 4.69) is 5.32 Å². The van der Waals surface area contributed by atoms with Crippen LogP contribution in [0.3, 0.4) is 0 Å². The van der Waals surface area contributed by atoms with Crippen LogP contribution in [0.4, 0.5) is 10.5 Å². The standard InChI is InChI=1S/C20H19N3O6/c1-28-15-9-8-14(10-16(15)29-2)21-17(24)12-23-19(26)18(25)22(20(23)27)11-13-6-4-3-5-7-13/h3-10H,11-12H2,1-2H3,(H,21,24). The summed E-state index contributed by atoms with van der Waals surface area (Å²) in [6.07, 6.45) is 0. The van der Waals surface area contributed by atoms with Crippen molar-refractivity contribution in [1.29, 1.82) is 0 Å². The number of hydrogen-bond acceptors (Lipinski definition) is 6. The molecule has 0 spiro atoms. The van der Waals surface area contributed by atoms with Crippen LogP contribution in [-0.2, 0) is 20.9 Å². The molecule has 0 bridgehead atoms. The third-order valence-corrected chi connectivity index (χ3v) is 4.29. The predicted molar refractivity (Wildman–Crippen MR) is 102 cm³/mol. The molecule has 1 aliphatic heterocycles. The predicted octanol–water partition coefficient (Wildman–Crippen LogP) is 1.63. The Kier molecular flexibility index (Phi) is 5.77. The number of carbonyl (C=O) groups excluding carboxylic acids is 4. The smallest absolute Gasteiger partial charge is 0.335 e. The van der Waals surface area contributed by atoms with E-state index in [0.29, 0.717) is 27.6 Å². The van der Waals surface area contributed by atoms with Crippen molar-refractivity contribution in [2.75, 3.05) is 26.1 Å². The molecule has 0 aromatic heterocycles. The van der Waals surface area contributed by atoms with Crippen LogP contribution in [0.1, 0.15) is 5.56 Å². The van der Waals surface area contributed by atoms with E-state index in [-0.39, 0.29) is 6.54 Å². The van der Waals surface area contributed by atoms with Gasteiger partial charge in [-0.25, -0.2) is 9.69 Å². The van der Waals surface area contributed by atoms with Crippen LogP contribution in [0, 0.1) is 0 Å². The summed E-state index contributed by atoms with van der Waals surface area (Å²) >= 11 is 0. The number of hydrogen-bond donors (Lipinski definition) is 1. The van der Waals surface area contributed by atoms with Crippen LogP contribution < -0.4 is 14.8 Å². The summed E-state index contributed by atoms with van der Waals surface area (Å²) in [6.45, 7) is -0.624. The molecular weight excluding hydrogens is 378 g/mol. The van der Waals surface area contributed by atoms with Gasteiger partial charge in [-0.05, 0) is 17.7 Å². The van der Waals surface area contributed by atoms with Gasteiger partial charge >= 0.3 is 17.8 Å². The molecule has 9 nitrogen and oxygen atoms in total. The van der Waals surface area contributed by atoms with Gasteiger partial charge in [-0.1, -0.05) is 30.3 Å². The van der Waals surface area contributed by atoms with Crippen molar-refractivity contribution in [2.45, 2.75) is 6.54 Å². The van der Waals surface area contributed by atoms with Gasteiger partial charge in [0.25, 0.3) is 0 Å². The number of methoxy groups -OCH3 is 2. The molecule has 0 atom stereocenters. The highest BCUT2D eigenvalue weighted by molar-refractivity contribution is 6.45. The molecule has 3 rings (SSSR count). The van der Waals surface area contributed by atoms with Crippen molar-refractivity contribution < 1.29 is 28.7 Å². The van der Waals surface area contributed by atoms with Crippen LogP contribution in [0.5, 0.6) is 11.5 Å². The number of anilines is 1. The lowest BCUT2D eigenvalue weighted by molar-refractivity contribution is -0.143. The van der Waals surface area contributed by atoms with Gasteiger partial charge in [0.05, 0.1) is 20.8 Å². The van der Waals surface area contributed by atoms with Crippen LogP contribution in [0.15, 0.2) is 48.5 Å². The highest BCUT2D eigenvalue weighted by atomic mass is 16.5. The fourth-order valence-corrected chi connectivity index (χ4v) is 2.85. The Bertz CT molecular complexity index is 960. The molecule has 1 fully saturated rings. The minimum Gasteiger partial charge on any atom is -0.493 e. The Morgan fingerprint density at radius 2 is 1.55 bits per heavy atom. The Balaban J connectivity index is 1.68. The van der Waals surface area contributed by atoms with Gasteiger partial charge in [0.2, 0.25) is 5.91 Å². The van der Waals surface area contributed by atoms with Gasteiger partial charge in [-0.15, -0.1) is 0 Å². The highest BCUT2D eigenvalue weighted by Gasteiger charge is 2.45. The fourth-order valence-electron chi connectivity index (χ4n) is 2.85. The number of carbonyl (C=O) groups is 4. The van der Waals surface area contributed by atoms with Crippen LogP contribution in [0.25, 0.3) is 0 Å². The second-order valence-electron chi connectivity index (χ2n) is 6.17. The summed E-state index contributed by atoms with van der Waals surface area (Å²) in [6, 6.07) is 12.7. The average molecular weight is 397 g/mol. The van der Waals surface area contributed by atoms with Crippen molar-refractivity contribution in [1.82, 2.24) is 9.80 Å². The van der Waals surface area contributed by atoms with Crippen LogP contribution in [0.2, 0.25) is 0 Å². The molecule has 0 aliphatic carbocycles. The Hall–Kier alpha value is -3.88.